The van der Waals surface area contributed by atoms with Gasteiger partial charge in [-0.1, -0.05) is 53.2 Å². The van der Waals surface area contributed by atoms with Gasteiger partial charge in [0, 0.05) is 16.6 Å². The Morgan fingerprint density at radius 2 is 1.81 bits per heavy atom. The van der Waals surface area contributed by atoms with Crippen molar-refractivity contribution in [1.82, 2.24) is 14.9 Å². The van der Waals surface area contributed by atoms with E-state index in [-0.39, 0.29) is 23.8 Å². The van der Waals surface area contributed by atoms with Crippen LogP contribution in [-0.2, 0) is 11.3 Å². The van der Waals surface area contributed by atoms with Gasteiger partial charge in [0.1, 0.15) is 5.82 Å². The lowest BCUT2D eigenvalue weighted by Gasteiger charge is -2.13. The Labute approximate surface area is 197 Å². The van der Waals surface area contributed by atoms with Crippen LogP contribution in [0, 0.1) is 5.82 Å². The predicted octanol–water partition coefficient (Wildman–Crippen LogP) is 5.24. The monoisotopic (exact) mass is 487 g/mol. The van der Waals surface area contributed by atoms with Gasteiger partial charge in [-0.15, -0.1) is 0 Å². The number of rotatable bonds is 6. The van der Waals surface area contributed by atoms with Crippen molar-refractivity contribution in [2.24, 2.45) is 0 Å². The van der Waals surface area contributed by atoms with E-state index in [4.69, 9.17) is 23.2 Å². The highest BCUT2D eigenvalue weighted by Gasteiger charge is 2.15. The van der Waals surface area contributed by atoms with Crippen LogP contribution in [0.2, 0.25) is 10.0 Å². The summed E-state index contributed by atoms with van der Waals surface area (Å²) in [5, 5.41) is 4.54. The number of hydrogen-bond donors (Lipinski definition) is 1. The van der Waals surface area contributed by atoms with Crippen molar-refractivity contribution < 1.29 is 9.18 Å². The Kier molecular flexibility index (Phi) is 6.79. The van der Waals surface area contributed by atoms with Gasteiger partial charge in [-0.3, -0.25) is 14.2 Å². The third kappa shape index (κ3) is 4.96. The molecule has 4 rings (SSSR count). The molecule has 4 aromatic rings. The molecule has 0 atom stereocenters. The Morgan fingerprint density at radius 3 is 2.56 bits per heavy atom. The second-order valence-corrected chi connectivity index (χ2v) is 8.62. The second kappa shape index (κ2) is 9.73. The van der Waals surface area contributed by atoms with Crippen molar-refractivity contribution in [3.05, 3.63) is 98.5 Å². The fourth-order valence-corrected chi connectivity index (χ4v) is 4.38. The molecule has 3 aromatic carbocycles. The summed E-state index contributed by atoms with van der Waals surface area (Å²) in [6, 6.07) is 17.6. The van der Waals surface area contributed by atoms with Crippen molar-refractivity contribution in [1.29, 1.82) is 0 Å². The van der Waals surface area contributed by atoms with E-state index in [9.17, 15) is 14.0 Å². The van der Waals surface area contributed by atoms with Crippen molar-refractivity contribution in [2.45, 2.75) is 11.7 Å². The zero-order valence-electron chi connectivity index (χ0n) is 16.5. The summed E-state index contributed by atoms with van der Waals surface area (Å²) < 4.78 is 14.8. The Morgan fingerprint density at radius 1 is 1.06 bits per heavy atom. The van der Waals surface area contributed by atoms with Gasteiger partial charge in [0.25, 0.3) is 5.56 Å². The van der Waals surface area contributed by atoms with Crippen LogP contribution in [0.3, 0.4) is 0 Å². The number of aromatic nitrogens is 2. The van der Waals surface area contributed by atoms with E-state index in [1.54, 1.807) is 42.5 Å². The fourth-order valence-electron chi connectivity index (χ4n) is 3.07. The van der Waals surface area contributed by atoms with E-state index in [1.165, 1.54) is 28.8 Å². The molecule has 0 aliphatic heterocycles. The molecular weight excluding hydrogens is 472 g/mol. The van der Waals surface area contributed by atoms with Gasteiger partial charge in [-0.25, -0.2) is 9.37 Å². The van der Waals surface area contributed by atoms with E-state index in [0.717, 1.165) is 17.3 Å². The molecule has 0 saturated heterocycles. The summed E-state index contributed by atoms with van der Waals surface area (Å²) in [6.07, 6.45) is 0. The molecule has 9 heteroatoms. The van der Waals surface area contributed by atoms with E-state index in [0.29, 0.717) is 31.8 Å². The van der Waals surface area contributed by atoms with Gasteiger partial charge in [0.15, 0.2) is 5.16 Å². The first-order chi connectivity index (χ1) is 15.4. The maximum Gasteiger partial charge on any atom is 0.266 e. The average Bonchev–Trinajstić information content (AvgIpc) is 2.78. The van der Waals surface area contributed by atoms with Crippen LogP contribution in [0.25, 0.3) is 16.6 Å². The molecule has 0 spiro atoms. The SMILES string of the molecule is O=C(CSc1nc2ccccc2c(=O)n1-c1ccc(F)cc1)NCc1ccc(Cl)cc1Cl. The topological polar surface area (TPSA) is 64.0 Å². The third-order valence-electron chi connectivity index (χ3n) is 4.65. The van der Waals surface area contributed by atoms with E-state index in [1.807, 2.05) is 0 Å². The maximum absolute atomic E-state index is 13.4. The van der Waals surface area contributed by atoms with Crippen LogP contribution < -0.4 is 10.9 Å². The first-order valence-corrected chi connectivity index (χ1v) is 11.3. The van der Waals surface area contributed by atoms with Crippen LogP contribution in [0.15, 0.2) is 76.7 Å². The van der Waals surface area contributed by atoms with Gasteiger partial charge in [-0.2, -0.15) is 0 Å². The van der Waals surface area contributed by atoms with Gasteiger partial charge in [0.05, 0.1) is 22.3 Å². The number of nitrogens with zero attached hydrogens (tertiary/aromatic N) is 2. The standard InChI is InChI=1S/C23H16Cl2FN3O2S/c24-15-6-5-14(19(25)11-15)12-27-21(30)13-32-23-28-20-4-2-1-3-18(20)22(31)29(23)17-9-7-16(26)8-10-17/h1-11H,12-13H2,(H,27,30). The normalized spacial score (nSPS) is 11.0. The molecule has 0 unspecified atom stereocenters. The molecule has 0 bridgehead atoms. The number of fused-ring (bicyclic) bond motifs is 1. The maximum atomic E-state index is 13.4. The first-order valence-electron chi connectivity index (χ1n) is 9.53. The van der Waals surface area contributed by atoms with Crippen LogP contribution in [0.1, 0.15) is 5.56 Å². The second-order valence-electron chi connectivity index (χ2n) is 6.83. The number of para-hydroxylation sites is 1. The average molecular weight is 488 g/mol. The molecule has 1 aromatic heterocycles. The molecule has 1 heterocycles. The first kappa shape index (κ1) is 22.3. The Bertz CT molecular complexity index is 1360. The molecule has 1 amide bonds. The van der Waals surface area contributed by atoms with Gasteiger partial charge < -0.3 is 5.32 Å². The summed E-state index contributed by atoms with van der Waals surface area (Å²) in [5.74, 6) is -0.643. The minimum atomic E-state index is -0.412. The molecule has 0 saturated carbocycles. The fraction of sp³-hybridized carbons (Fsp3) is 0.0870. The molecule has 32 heavy (non-hydrogen) atoms. The summed E-state index contributed by atoms with van der Waals surface area (Å²) in [5.41, 5.74) is 1.43. The third-order valence-corrected chi connectivity index (χ3v) is 6.18. The minimum Gasteiger partial charge on any atom is -0.351 e. The predicted molar refractivity (Wildman–Crippen MR) is 126 cm³/mol. The Balaban J connectivity index is 1.57. The molecule has 5 nitrogen and oxygen atoms in total. The number of thioether (sulfide) groups is 1. The molecule has 1 N–H and O–H groups in total. The molecule has 0 aliphatic carbocycles. The lowest BCUT2D eigenvalue weighted by atomic mass is 10.2. The number of hydrogen-bond acceptors (Lipinski definition) is 4. The summed E-state index contributed by atoms with van der Waals surface area (Å²) in [7, 11) is 0. The van der Waals surface area contributed by atoms with Crippen molar-refractivity contribution in [2.75, 3.05) is 5.75 Å². The lowest BCUT2D eigenvalue weighted by Crippen LogP contribution is -2.26. The molecule has 0 aliphatic rings. The summed E-state index contributed by atoms with van der Waals surface area (Å²) >= 11 is 13.2. The van der Waals surface area contributed by atoms with Crippen molar-refractivity contribution in [3.63, 3.8) is 0 Å². The molecule has 0 fully saturated rings. The van der Waals surface area contributed by atoms with Crippen molar-refractivity contribution >= 4 is 51.8 Å². The van der Waals surface area contributed by atoms with Crippen LogP contribution in [0.5, 0.6) is 0 Å². The molecule has 162 valence electrons. The van der Waals surface area contributed by atoms with Gasteiger partial charge in [0.2, 0.25) is 5.91 Å². The van der Waals surface area contributed by atoms with E-state index >= 15 is 0 Å². The van der Waals surface area contributed by atoms with E-state index < -0.39 is 5.82 Å². The van der Waals surface area contributed by atoms with Crippen molar-refractivity contribution in [3.8, 4) is 5.69 Å². The van der Waals surface area contributed by atoms with Crippen LogP contribution in [-0.4, -0.2) is 21.2 Å². The van der Waals surface area contributed by atoms with E-state index in [2.05, 4.69) is 10.3 Å². The number of benzene rings is 3. The summed E-state index contributed by atoms with van der Waals surface area (Å²) in [6.45, 7) is 0.241. The molecule has 0 radical (unpaired) electrons. The zero-order chi connectivity index (χ0) is 22.7. The highest BCUT2D eigenvalue weighted by Crippen LogP contribution is 2.23. The molecular formula is C23H16Cl2FN3O2S. The number of halogens is 3. The van der Waals surface area contributed by atoms with Crippen LogP contribution >= 0.6 is 35.0 Å². The lowest BCUT2D eigenvalue weighted by molar-refractivity contribution is -0.118. The highest BCUT2D eigenvalue weighted by molar-refractivity contribution is 7.99. The number of amides is 1. The quantitative estimate of drug-likeness (QED) is 0.298. The van der Waals surface area contributed by atoms with Gasteiger partial charge in [-0.05, 0) is 54.1 Å². The number of carbonyl (C=O) groups excluding carboxylic acids is 1. The smallest absolute Gasteiger partial charge is 0.266 e. The number of nitrogens with one attached hydrogen (secondary N) is 1. The number of carbonyl (C=O) groups is 1. The zero-order valence-corrected chi connectivity index (χ0v) is 18.8. The van der Waals surface area contributed by atoms with Gasteiger partial charge >= 0.3 is 0 Å². The van der Waals surface area contributed by atoms with Crippen LogP contribution in [0.4, 0.5) is 4.39 Å². The minimum absolute atomic E-state index is 0.0250. The largest absolute Gasteiger partial charge is 0.351 e. The summed E-state index contributed by atoms with van der Waals surface area (Å²) in [4.78, 5) is 30.2. The Hall–Kier alpha value is -2.87. The highest BCUT2D eigenvalue weighted by atomic mass is 35.5.